The van der Waals surface area contributed by atoms with E-state index in [1.54, 1.807) is 73.8 Å². The monoisotopic (exact) mass is 506 g/mol. The maximum absolute atomic E-state index is 12.4. The summed E-state index contributed by atoms with van der Waals surface area (Å²) in [5, 5.41) is 3.94. The molecule has 0 aliphatic heterocycles. The summed E-state index contributed by atoms with van der Waals surface area (Å²) >= 11 is 0. The first-order valence-electron chi connectivity index (χ1n) is 11.7. The van der Waals surface area contributed by atoms with Crippen molar-refractivity contribution >= 4 is 18.1 Å². The molecular weight excluding hydrogens is 476 g/mol. The predicted octanol–water partition coefficient (Wildman–Crippen LogP) is 4.63. The van der Waals surface area contributed by atoms with Crippen LogP contribution in [-0.4, -0.2) is 45.5 Å². The van der Waals surface area contributed by atoms with Gasteiger partial charge >= 0.3 is 5.97 Å². The molecule has 3 aromatic carbocycles. The maximum Gasteiger partial charge on any atom is 0.343 e. The van der Waals surface area contributed by atoms with E-state index in [4.69, 9.17) is 23.7 Å². The molecule has 194 valence electrons. The largest absolute Gasteiger partial charge is 0.497 e. The van der Waals surface area contributed by atoms with Crippen LogP contribution in [0.1, 0.15) is 35.7 Å². The van der Waals surface area contributed by atoms with Gasteiger partial charge in [0.2, 0.25) is 0 Å². The molecule has 0 radical (unpaired) electrons. The minimum absolute atomic E-state index is 0.197. The Bertz CT molecular complexity index is 1190. The summed E-state index contributed by atoms with van der Waals surface area (Å²) < 4.78 is 27.0. The highest BCUT2D eigenvalue weighted by Gasteiger charge is 2.13. The highest BCUT2D eigenvalue weighted by Crippen LogP contribution is 2.28. The molecule has 1 amide bonds. The van der Waals surface area contributed by atoms with Gasteiger partial charge in [-0.15, -0.1) is 0 Å². The van der Waals surface area contributed by atoms with Crippen molar-refractivity contribution in [2.75, 3.05) is 27.4 Å². The van der Waals surface area contributed by atoms with E-state index in [2.05, 4.69) is 17.5 Å². The Morgan fingerprint density at radius 3 is 2.16 bits per heavy atom. The second-order valence-electron chi connectivity index (χ2n) is 7.78. The third-order valence-corrected chi connectivity index (χ3v) is 5.08. The van der Waals surface area contributed by atoms with Gasteiger partial charge in [-0.2, -0.15) is 5.10 Å². The van der Waals surface area contributed by atoms with E-state index in [0.29, 0.717) is 35.0 Å². The first kappa shape index (κ1) is 27.1. The lowest BCUT2D eigenvalue weighted by molar-refractivity contribution is -0.123. The number of carbonyl (C=O) groups is 2. The lowest BCUT2D eigenvalue weighted by Gasteiger charge is -2.10. The number of hydrogen-bond acceptors (Lipinski definition) is 8. The number of carbonyl (C=O) groups excluding carboxylic acids is 2. The average Bonchev–Trinajstić information content (AvgIpc) is 2.93. The van der Waals surface area contributed by atoms with Crippen molar-refractivity contribution in [3.8, 4) is 28.7 Å². The van der Waals surface area contributed by atoms with Crippen LogP contribution in [0.2, 0.25) is 0 Å². The van der Waals surface area contributed by atoms with Crippen molar-refractivity contribution in [3.63, 3.8) is 0 Å². The zero-order valence-electron chi connectivity index (χ0n) is 21.1. The number of nitrogens with one attached hydrogen (secondary N) is 1. The fourth-order valence-electron chi connectivity index (χ4n) is 3.06. The van der Waals surface area contributed by atoms with Crippen molar-refractivity contribution in [3.05, 3.63) is 77.9 Å². The molecular formula is C28H30N2O7. The molecule has 9 nitrogen and oxygen atoms in total. The molecule has 3 rings (SSSR count). The molecule has 0 atom stereocenters. The molecule has 1 N–H and O–H groups in total. The molecule has 0 unspecified atom stereocenters. The number of amides is 1. The Morgan fingerprint density at radius 1 is 0.838 bits per heavy atom. The van der Waals surface area contributed by atoms with Gasteiger partial charge in [0.05, 0.1) is 32.6 Å². The van der Waals surface area contributed by atoms with Gasteiger partial charge in [-0.05, 0) is 78.7 Å². The van der Waals surface area contributed by atoms with Gasteiger partial charge in [-0.3, -0.25) is 4.79 Å². The molecule has 0 aromatic heterocycles. The smallest absolute Gasteiger partial charge is 0.343 e. The fraction of sp³-hybridized carbons (Fsp3) is 0.250. The van der Waals surface area contributed by atoms with Gasteiger partial charge < -0.3 is 23.7 Å². The number of unbranched alkanes of at least 4 members (excludes halogenated alkanes) is 1. The summed E-state index contributed by atoms with van der Waals surface area (Å²) in [5.74, 6) is 1.57. The first-order valence-corrected chi connectivity index (χ1v) is 11.7. The Kier molecular flexibility index (Phi) is 10.3. The summed E-state index contributed by atoms with van der Waals surface area (Å²) in [6.45, 7) is 2.57. The minimum Gasteiger partial charge on any atom is -0.497 e. The number of esters is 1. The molecule has 0 bridgehead atoms. The number of hydrogen-bond donors (Lipinski definition) is 1. The number of benzene rings is 3. The van der Waals surface area contributed by atoms with Crippen LogP contribution in [0.15, 0.2) is 71.8 Å². The molecule has 0 heterocycles. The molecule has 0 spiro atoms. The van der Waals surface area contributed by atoms with Crippen molar-refractivity contribution in [1.82, 2.24) is 5.43 Å². The summed E-state index contributed by atoms with van der Waals surface area (Å²) in [5.41, 5.74) is 3.40. The third kappa shape index (κ3) is 8.57. The summed E-state index contributed by atoms with van der Waals surface area (Å²) in [6, 6.07) is 18.5. The maximum atomic E-state index is 12.4. The Hall–Kier alpha value is -4.53. The second-order valence-corrected chi connectivity index (χ2v) is 7.78. The number of methoxy groups -OCH3 is 2. The number of hydrazone groups is 1. The lowest BCUT2D eigenvalue weighted by Crippen LogP contribution is -2.24. The molecule has 3 aromatic rings. The van der Waals surface area contributed by atoms with E-state index in [1.165, 1.54) is 13.3 Å². The molecule has 0 saturated carbocycles. The van der Waals surface area contributed by atoms with Gasteiger partial charge in [0.1, 0.15) is 17.2 Å². The minimum atomic E-state index is -0.534. The third-order valence-electron chi connectivity index (χ3n) is 5.08. The number of nitrogens with zero attached hydrogens (tertiary/aromatic N) is 1. The van der Waals surface area contributed by atoms with Crippen LogP contribution in [0.25, 0.3) is 0 Å². The lowest BCUT2D eigenvalue weighted by atomic mass is 10.2. The molecule has 0 fully saturated rings. The summed E-state index contributed by atoms with van der Waals surface area (Å²) in [4.78, 5) is 24.5. The van der Waals surface area contributed by atoms with E-state index in [-0.39, 0.29) is 12.4 Å². The quantitative estimate of drug-likeness (QED) is 0.118. The Labute approximate surface area is 216 Å². The molecule has 37 heavy (non-hydrogen) atoms. The van der Waals surface area contributed by atoms with Gasteiger partial charge in [0.15, 0.2) is 18.1 Å². The molecule has 0 saturated heterocycles. The number of rotatable bonds is 13. The van der Waals surface area contributed by atoms with Crippen LogP contribution in [0.4, 0.5) is 0 Å². The van der Waals surface area contributed by atoms with Crippen LogP contribution in [0, 0.1) is 0 Å². The molecule has 0 aliphatic carbocycles. The van der Waals surface area contributed by atoms with Crippen molar-refractivity contribution < 1.29 is 33.3 Å². The van der Waals surface area contributed by atoms with Crippen molar-refractivity contribution in [2.24, 2.45) is 5.10 Å². The van der Waals surface area contributed by atoms with Gasteiger partial charge in [0, 0.05) is 0 Å². The summed E-state index contributed by atoms with van der Waals surface area (Å²) in [6.07, 6.45) is 3.50. The highest BCUT2D eigenvalue weighted by atomic mass is 16.6. The normalized spacial score (nSPS) is 10.6. The second kappa shape index (κ2) is 14.1. The molecule has 0 aliphatic rings. The van der Waals surface area contributed by atoms with E-state index >= 15 is 0 Å². The molecule has 9 heteroatoms. The van der Waals surface area contributed by atoms with E-state index in [1.807, 2.05) is 0 Å². The van der Waals surface area contributed by atoms with Crippen molar-refractivity contribution in [2.45, 2.75) is 19.8 Å². The van der Waals surface area contributed by atoms with Crippen LogP contribution in [0.5, 0.6) is 28.7 Å². The number of ether oxygens (including phenoxy) is 5. The van der Waals surface area contributed by atoms with Crippen LogP contribution in [-0.2, 0) is 4.79 Å². The SMILES string of the molecule is CCCCOc1ccc(OCC(=O)N/N=C\c2ccc(OC(=O)c3ccc(OC)cc3)c(OC)c2)cc1. The standard InChI is InChI=1S/C28H30N2O7/c1-4-5-16-35-23-11-13-24(14-12-23)36-19-27(31)30-29-18-20-6-15-25(26(17-20)34-3)37-28(32)21-7-9-22(33-2)10-8-21/h6-15,17-18H,4-5,16,19H2,1-3H3,(H,30,31)/b29-18-. The van der Waals surface area contributed by atoms with E-state index in [9.17, 15) is 9.59 Å². The van der Waals surface area contributed by atoms with Gasteiger partial charge in [0.25, 0.3) is 5.91 Å². The van der Waals surface area contributed by atoms with E-state index in [0.717, 1.165) is 18.6 Å². The predicted molar refractivity (Wildman–Crippen MR) is 139 cm³/mol. The summed E-state index contributed by atoms with van der Waals surface area (Å²) in [7, 11) is 3.01. The first-order chi connectivity index (χ1) is 18.0. The van der Waals surface area contributed by atoms with Crippen LogP contribution < -0.4 is 29.1 Å². The average molecular weight is 507 g/mol. The topological polar surface area (TPSA) is 105 Å². The zero-order valence-corrected chi connectivity index (χ0v) is 21.1. The Morgan fingerprint density at radius 2 is 1.51 bits per heavy atom. The zero-order chi connectivity index (χ0) is 26.5. The highest BCUT2D eigenvalue weighted by molar-refractivity contribution is 5.92. The van der Waals surface area contributed by atoms with Gasteiger partial charge in [-0.25, -0.2) is 10.2 Å². The van der Waals surface area contributed by atoms with Crippen LogP contribution >= 0.6 is 0 Å². The Balaban J connectivity index is 1.48. The van der Waals surface area contributed by atoms with Gasteiger partial charge in [-0.1, -0.05) is 13.3 Å². The van der Waals surface area contributed by atoms with Crippen molar-refractivity contribution in [1.29, 1.82) is 0 Å². The van der Waals surface area contributed by atoms with E-state index < -0.39 is 11.9 Å². The fourth-order valence-corrected chi connectivity index (χ4v) is 3.06. The van der Waals surface area contributed by atoms with Crippen LogP contribution in [0.3, 0.4) is 0 Å².